The summed E-state index contributed by atoms with van der Waals surface area (Å²) in [6.45, 7) is 6.72. The Balaban J connectivity index is 1.58. The summed E-state index contributed by atoms with van der Waals surface area (Å²) in [6, 6.07) is 2.27. The first kappa shape index (κ1) is 13.8. The largest absolute Gasteiger partial charge is 0.376 e. The number of piperidine rings is 2. The Kier molecular flexibility index (Phi) is 4.74. The first-order valence-corrected chi connectivity index (χ1v) is 8.05. The SMILES string of the molecule is CCNC1CC2CCCC(C1)N2CC1COCCO1. The van der Waals surface area contributed by atoms with Gasteiger partial charge in [-0.2, -0.15) is 0 Å². The highest BCUT2D eigenvalue weighted by atomic mass is 16.6. The Morgan fingerprint density at radius 1 is 1.16 bits per heavy atom. The first-order chi connectivity index (χ1) is 9.36. The van der Waals surface area contributed by atoms with Crippen LogP contribution in [0.1, 0.15) is 39.0 Å². The van der Waals surface area contributed by atoms with Crippen molar-refractivity contribution < 1.29 is 9.47 Å². The van der Waals surface area contributed by atoms with Crippen molar-refractivity contribution in [1.29, 1.82) is 0 Å². The van der Waals surface area contributed by atoms with Gasteiger partial charge in [0, 0.05) is 24.7 Å². The smallest absolute Gasteiger partial charge is 0.0936 e. The zero-order valence-corrected chi connectivity index (χ0v) is 12.1. The minimum atomic E-state index is 0.299. The van der Waals surface area contributed by atoms with Crippen LogP contribution in [0.3, 0.4) is 0 Å². The molecule has 2 bridgehead atoms. The monoisotopic (exact) mass is 268 g/mol. The Hall–Kier alpha value is -0.160. The van der Waals surface area contributed by atoms with Crippen molar-refractivity contribution in [3.63, 3.8) is 0 Å². The summed E-state index contributed by atoms with van der Waals surface area (Å²) in [5.41, 5.74) is 0. The molecular weight excluding hydrogens is 240 g/mol. The lowest BCUT2D eigenvalue weighted by Crippen LogP contribution is -2.58. The molecule has 3 aliphatic heterocycles. The topological polar surface area (TPSA) is 33.7 Å². The van der Waals surface area contributed by atoms with Gasteiger partial charge in [0.25, 0.3) is 0 Å². The summed E-state index contributed by atoms with van der Waals surface area (Å²) in [5, 5.41) is 3.65. The Labute approximate surface area is 116 Å². The highest BCUT2D eigenvalue weighted by molar-refractivity contribution is 4.95. The van der Waals surface area contributed by atoms with E-state index in [4.69, 9.17) is 9.47 Å². The highest BCUT2D eigenvalue weighted by Gasteiger charge is 2.39. The third-order valence-corrected chi connectivity index (χ3v) is 4.92. The zero-order chi connectivity index (χ0) is 13.1. The molecule has 3 aliphatic rings. The van der Waals surface area contributed by atoms with Gasteiger partial charge in [0.05, 0.1) is 25.9 Å². The van der Waals surface area contributed by atoms with Crippen LogP contribution in [-0.2, 0) is 9.47 Å². The summed E-state index contributed by atoms with van der Waals surface area (Å²) in [5.74, 6) is 0. The van der Waals surface area contributed by atoms with Crippen molar-refractivity contribution in [1.82, 2.24) is 10.2 Å². The van der Waals surface area contributed by atoms with Gasteiger partial charge in [-0.3, -0.25) is 4.90 Å². The number of nitrogens with one attached hydrogen (secondary N) is 1. The summed E-state index contributed by atoms with van der Waals surface area (Å²) in [4.78, 5) is 2.73. The van der Waals surface area contributed by atoms with E-state index in [1.807, 2.05) is 0 Å². The maximum Gasteiger partial charge on any atom is 0.0936 e. The van der Waals surface area contributed by atoms with Crippen LogP contribution in [-0.4, -0.2) is 62.0 Å². The Morgan fingerprint density at radius 2 is 1.95 bits per heavy atom. The number of hydrogen-bond donors (Lipinski definition) is 1. The summed E-state index contributed by atoms with van der Waals surface area (Å²) in [6.07, 6.45) is 7.08. The average molecular weight is 268 g/mol. The minimum Gasteiger partial charge on any atom is -0.376 e. The normalized spacial score (nSPS) is 40.3. The van der Waals surface area contributed by atoms with Crippen molar-refractivity contribution in [3.8, 4) is 0 Å². The number of fused-ring (bicyclic) bond motifs is 2. The molecule has 0 spiro atoms. The maximum atomic E-state index is 5.84. The quantitative estimate of drug-likeness (QED) is 0.835. The average Bonchev–Trinajstić information content (AvgIpc) is 2.41. The molecule has 19 heavy (non-hydrogen) atoms. The van der Waals surface area contributed by atoms with Crippen LogP contribution in [0.2, 0.25) is 0 Å². The number of nitrogens with zero attached hydrogens (tertiary/aromatic N) is 1. The molecule has 0 aromatic heterocycles. The van der Waals surface area contributed by atoms with Gasteiger partial charge in [0.15, 0.2) is 0 Å². The third kappa shape index (κ3) is 3.30. The molecule has 4 heteroatoms. The van der Waals surface area contributed by atoms with E-state index in [0.29, 0.717) is 6.10 Å². The van der Waals surface area contributed by atoms with Crippen LogP contribution in [0.5, 0.6) is 0 Å². The first-order valence-electron chi connectivity index (χ1n) is 8.05. The maximum absolute atomic E-state index is 5.84. The van der Waals surface area contributed by atoms with Crippen molar-refractivity contribution in [3.05, 3.63) is 0 Å². The van der Waals surface area contributed by atoms with Crippen molar-refractivity contribution in [2.75, 3.05) is 32.9 Å². The molecule has 0 aromatic rings. The summed E-state index contributed by atoms with van der Waals surface area (Å²) < 4.78 is 11.4. The van der Waals surface area contributed by atoms with Crippen LogP contribution in [0.15, 0.2) is 0 Å². The molecule has 3 heterocycles. The molecule has 0 amide bonds. The van der Waals surface area contributed by atoms with E-state index in [1.165, 1.54) is 32.1 Å². The van der Waals surface area contributed by atoms with Gasteiger partial charge in [0.2, 0.25) is 0 Å². The van der Waals surface area contributed by atoms with E-state index in [2.05, 4.69) is 17.1 Å². The second-order valence-electron chi connectivity index (χ2n) is 6.23. The van der Waals surface area contributed by atoms with Crippen LogP contribution in [0.25, 0.3) is 0 Å². The molecule has 3 atom stereocenters. The summed E-state index contributed by atoms with van der Waals surface area (Å²) in [7, 11) is 0. The highest BCUT2D eigenvalue weighted by Crippen LogP contribution is 2.34. The Morgan fingerprint density at radius 3 is 2.58 bits per heavy atom. The van der Waals surface area contributed by atoms with Crippen LogP contribution in [0, 0.1) is 0 Å². The molecule has 110 valence electrons. The zero-order valence-electron chi connectivity index (χ0n) is 12.1. The second kappa shape index (κ2) is 6.53. The molecule has 3 rings (SSSR count). The molecular formula is C15H28N2O2. The standard InChI is InChI=1S/C15H28N2O2/c1-2-16-12-8-13-4-3-5-14(9-12)17(13)10-15-11-18-6-7-19-15/h12-16H,2-11H2,1H3. The molecule has 0 radical (unpaired) electrons. The molecule has 0 saturated carbocycles. The molecule has 3 unspecified atom stereocenters. The van der Waals surface area contributed by atoms with E-state index in [9.17, 15) is 0 Å². The van der Waals surface area contributed by atoms with Crippen molar-refractivity contribution in [2.24, 2.45) is 0 Å². The van der Waals surface area contributed by atoms with Gasteiger partial charge in [-0.1, -0.05) is 13.3 Å². The van der Waals surface area contributed by atoms with Gasteiger partial charge in [-0.05, 0) is 32.2 Å². The third-order valence-electron chi connectivity index (χ3n) is 4.92. The fourth-order valence-electron chi connectivity index (χ4n) is 4.11. The molecule has 0 aromatic carbocycles. The summed E-state index contributed by atoms with van der Waals surface area (Å²) >= 11 is 0. The second-order valence-corrected chi connectivity index (χ2v) is 6.23. The molecule has 3 saturated heterocycles. The van der Waals surface area contributed by atoms with Gasteiger partial charge in [-0.15, -0.1) is 0 Å². The van der Waals surface area contributed by atoms with Crippen molar-refractivity contribution in [2.45, 2.75) is 63.3 Å². The Bertz CT molecular complexity index is 267. The van der Waals surface area contributed by atoms with Gasteiger partial charge in [0.1, 0.15) is 0 Å². The predicted octanol–water partition coefficient (Wildman–Crippen LogP) is 1.40. The molecule has 0 aliphatic carbocycles. The fourth-order valence-corrected chi connectivity index (χ4v) is 4.11. The fraction of sp³-hybridized carbons (Fsp3) is 1.00. The predicted molar refractivity (Wildman–Crippen MR) is 75.4 cm³/mol. The van der Waals surface area contributed by atoms with Gasteiger partial charge < -0.3 is 14.8 Å². The number of ether oxygens (including phenoxy) is 2. The van der Waals surface area contributed by atoms with E-state index >= 15 is 0 Å². The minimum absolute atomic E-state index is 0.299. The van der Waals surface area contributed by atoms with E-state index < -0.39 is 0 Å². The van der Waals surface area contributed by atoms with E-state index in [-0.39, 0.29) is 0 Å². The lowest BCUT2D eigenvalue weighted by molar-refractivity contribution is -0.113. The van der Waals surface area contributed by atoms with E-state index in [1.54, 1.807) is 0 Å². The lowest BCUT2D eigenvalue weighted by Gasteiger charge is -2.50. The number of rotatable bonds is 4. The van der Waals surface area contributed by atoms with Crippen LogP contribution < -0.4 is 5.32 Å². The number of hydrogen-bond acceptors (Lipinski definition) is 4. The lowest BCUT2D eigenvalue weighted by atomic mass is 9.81. The van der Waals surface area contributed by atoms with Crippen LogP contribution in [0.4, 0.5) is 0 Å². The van der Waals surface area contributed by atoms with Crippen molar-refractivity contribution >= 4 is 0 Å². The van der Waals surface area contributed by atoms with Gasteiger partial charge in [-0.25, -0.2) is 0 Å². The molecule has 1 N–H and O–H groups in total. The van der Waals surface area contributed by atoms with Crippen LogP contribution >= 0.6 is 0 Å². The van der Waals surface area contributed by atoms with E-state index in [0.717, 1.165) is 51.0 Å². The van der Waals surface area contributed by atoms with Gasteiger partial charge >= 0.3 is 0 Å². The molecule has 4 nitrogen and oxygen atoms in total. The molecule has 3 fully saturated rings.